The van der Waals surface area contributed by atoms with Gasteiger partial charge >= 0.3 is 12.1 Å². The number of carboxylic acid groups (broad SMARTS) is 1. The molecule has 8 nitrogen and oxygen atoms in total. The molecule has 3 rings (SSSR count). The Hall–Kier alpha value is -2.54. The van der Waals surface area contributed by atoms with Gasteiger partial charge in [-0.1, -0.05) is 23.2 Å². The first kappa shape index (κ1) is 27.7. The molecule has 0 spiro atoms. The number of alkyl halides is 3. The molecule has 0 saturated carbocycles. The third-order valence-electron chi connectivity index (χ3n) is 4.53. The van der Waals surface area contributed by atoms with Crippen LogP contribution in [0.15, 0.2) is 18.2 Å². The summed E-state index contributed by atoms with van der Waals surface area (Å²) in [7, 11) is 0. The Balaban J connectivity index is 0.000000509. The number of thiophene rings is 1. The van der Waals surface area contributed by atoms with Gasteiger partial charge in [-0.25, -0.2) is 4.79 Å². The van der Waals surface area contributed by atoms with E-state index in [0.717, 1.165) is 13.1 Å². The van der Waals surface area contributed by atoms with E-state index in [1.54, 1.807) is 17.0 Å². The average Bonchev–Trinajstić information content (AvgIpc) is 3.09. The number of nitrogens with one attached hydrogen (secondary N) is 2. The van der Waals surface area contributed by atoms with Crippen LogP contribution in [0, 0.1) is 0 Å². The van der Waals surface area contributed by atoms with Crippen LogP contribution < -0.4 is 16.4 Å². The molecule has 0 aliphatic carbocycles. The van der Waals surface area contributed by atoms with Crippen molar-refractivity contribution in [3.63, 3.8) is 0 Å². The van der Waals surface area contributed by atoms with Crippen molar-refractivity contribution < 1.29 is 32.7 Å². The lowest BCUT2D eigenvalue weighted by atomic mass is 10.1. The number of carbonyl (C=O) groups is 3. The van der Waals surface area contributed by atoms with Crippen LogP contribution in [0.25, 0.3) is 0 Å². The number of anilines is 2. The van der Waals surface area contributed by atoms with Gasteiger partial charge in [-0.05, 0) is 25.1 Å². The minimum absolute atomic E-state index is 0.164. The van der Waals surface area contributed by atoms with Gasteiger partial charge in [0, 0.05) is 43.3 Å². The zero-order valence-electron chi connectivity index (χ0n) is 17.8. The number of nitrogens with two attached hydrogens (primary N) is 1. The Kier molecular flexibility index (Phi) is 9.56. The number of hydrogen-bond acceptors (Lipinski definition) is 7. The fourth-order valence-electron chi connectivity index (χ4n) is 2.93. The van der Waals surface area contributed by atoms with E-state index in [1.807, 2.05) is 6.92 Å². The Bertz CT molecular complexity index is 1070. The standard InChI is InChI=1S/C18H20Cl2N4O2S.C2HF3O2/c1-2-23-17-13(18(26)24-7-5-22-6-8-24)14(21)16(27-17)15(25)11-4-3-10(19)9-12(11)20;3-2(4,5)1(6)7/h3-4,9,22-23H,2,5-8,21H2,1H3;(H,6,7). The van der Waals surface area contributed by atoms with Crippen LogP contribution >= 0.6 is 34.5 Å². The lowest BCUT2D eigenvalue weighted by Gasteiger charge is -2.27. The molecule has 1 aliphatic heterocycles. The Labute approximate surface area is 206 Å². The van der Waals surface area contributed by atoms with Gasteiger partial charge in [-0.15, -0.1) is 11.3 Å². The van der Waals surface area contributed by atoms with Gasteiger partial charge < -0.3 is 26.4 Å². The van der Waals surface area contributed by atoms with E-state index in [2.05, 4.69) is 10.6 Å². The summed E-state index contributed by atoms with van der Waals surface area (Å²) in [6, 6.07) is 4.68. The normalized spacial score (nSPS) is 13.6. The van der Waals surface area contributed by atoms with E-state index in [9.17, 15) is 22.8 Å². The molecule has 1 aromatic heterocycles. The van der Waals surface area contributed by atoms with Crippen LogP contribution in [0.3, 0.4) is 0 Å². The molecule has 0 bridgehead atoms. The van der Waals surface area contributed by atoms with E-state index in [-0.39, 0.29) is 22.4 Å². The average molecular weight is 541 g/mol. The molecule has 0 unspecified atom stereocenters. The van der Waals surface area contributed by atoms with Crippen molar-refractivity contribution >= 4 is 62.9 Å². The zero-order chi connectivity index (χ0) is 25.6. The summed E-state index contributed by atoms with van der Waals surface area (Å²) in [5, 5.41) is 14.8. The molecule has 2 heterocycles. The molecule has 1 aromatic carbocycles. The number of nitrogens with zero attached hydrogens (tertiary/aromatic N) is 1. The maximum Gasteiger partial charge on any atom is 0.490 e. The molecule has 34 heavy (non-hydrogen) atoms. The molecule has 2 aromatic rings. The van der Waals surface area contributed by atoms with Crippen LogP contribution in [0.1, 0.15) is 32.5 Å². The number of halogens is 5. The number of benzene rings is 1. The van der Waals surface area contributed by atoms with E-state index in [0.29, 0.717) is 45.7 Å². The van der Waals surface area contributed by atoms with Crippen molar-refractivity contribution in [3.05, 3.63) is 44.2 Å². The molecule has 1 amide bonds. The molecule has 1 saturated heterocycles. The van der Waals surface area contributed by atoms with Crippen molar-refractivity contribution in [2.75, 3.05) is 43.8 Å². The van der Waals surface area contributed by atoms with Crippen molar-refractivity contribution in [2.24, 2.45) is 0 Å². The van der Waals surface area contributed by atoms with Crippen molar-refractivity contribution in [2.45, 2.75) is 13.1 Å². The number of piperazine rings is 1. The Morgan fingerprint density at radius 2 is 1.82 bits per heavy atom. The van der Waals surface area contributed by atoms with Crippen LogP contribution in [-0.4, -0.2) is 66.6 Å². The Morgan fingerprint density at radius 1 is 1.24 bits per heavy atom. The SMILES string of the molecule is CCNc1sc(C(=O)c2ccc(Cl)cc2Cl)c(N)c1C(=O)N1CCNCC1.O=C(O)C(F)(F)F. The van der Waals surface area contributed by atoms with Crippen LogP contribution in [-0.2, 0) is 4.79 Å². The molecule has 1 aliphatic rings. The van der Waals surface area contributed by atoms with Gasteiger partial charge in [0.05, 0.1) is 16.3 Å². The molecular formula is C20H21Cl2F3N4O4S. The van der Waals surface area contributed by atoms with Gasteiger partial charge in [0.2, 0.25) is 5.78 Å². The highest BCUT2D eigenvalue weighted by molar-refractivity contribution is 7.19. The topological polar surface area (TPSA) is 125 Å². The lowest BCUT2D eigenvalue weighted by molar-refractivity contribution is -0.192. The van der Waals surface area contributed by atoms with E-state index < -0.39 is 12.1 Å². The van der Waals surface area contributed by atoms with Gasteiger partial charge in [0.15, 0.2) is 0 Å². The maximum absolute atomic E-state index is 13.0. The summed E-state index contributed by atoms with van der Waals surface area (Å²) >= 11 is 13.3. The van der Waals surface area contributed by atoms with E-state index in [1.165, 1.54) is 17.4 Å². The summed E-state index contributed by atoms with van der Waals surface area (Å²) in [6.07, 6.45) is -5.08. The van der Waals surface area contributed by atoms with Gasteiger partial charge in [0.1, 0.15) is 9.88 Å². The van der Waals surface area contributed by atoms with Crippen LogP contribution in [0.2, 0.25) is 10.0 Å². The van der Waals surface area contributed by atoms with E-state index in [4.69, 9.17) is 38.8 Å². The number of carbonyl (C=O) groups excluding carboxylic acids is 2. The molecule has 14 heteroatoms. The zero-order valence-corrected chi connectivity index (χ0v) is 20.1. The predicted octanol–water partition coefficient (Wildman–Crippen LogP) is 3.98. The monoisotopic (exact) mass is 540 g/mol. The molecule has 5 N–H and O–H groups in total. The number of hydrogen-bond donors (Lipinski definition) is 4. The highest BCUT2D eigenvalue weighted by atomic mass is 35.5. The molecule has 186 valence electrons. The third-order valence-corrected chi connectivity index (χ3v) is 6.23. The van der Waals surface area contributed by atoms with Gasteiger partial charge in [-0.2, -0.15) is 13.2 Å². The molecule has 0 atom stereocenters. The predicted molar refractivity (Wildman–Crippen MR) is 125 cm³/mol. The fourth-order valence-corrected chi connectivity index (χ4v) is 4.56. The third kappa shape index (κ3) is 6.75. The second-order valence-electron chi connectivity index (χ2n) is 6.88. The fraction of sp³-hybridized carbons (Fsp3) is 0.350. The summed E-state index contributed by atoms with van der Waals surface area (Å²) < 4.78 is 31.7. The highest BCUT2D eigenvalue weighted by Crippen LogP contribution is 2.39. The largest absolute Gasteiger partial charge is 0.490 e. The summed E-state index contributed by atoms with van der Waals surface area (Å²) in [5.74, 6) is -3.24. The smallest absolute Gasteiger partial charge is 0.475 e. The first-order valence-corrected chi connectivity index (χ1v) is 11.4. The quantitative estimate of drug-likeness (QED) is 0.422. The van der Waals surface area contributed by atoms with Crippen LogP contribution in [0.5, 0.6) is 0 Å². The lowest BCUT2D eigenvalue weighted by Crippen LogP contribution is -2.46. The number of ketones is 1. The highest BCUT2D eigenvalue weighted by Gasteiger charge is 2.38. The summed E-state index contributed by atoms with van der Waals surface area (Å²) in [6.45, 7) is 5.21. The van der Waals surface area contributed by atoms with Crippen molar-refractivity contribution in [1.29, 1.82) is 0 Å². The second-order valence-corrected chi connectivity index (χ2v) is 8.74. The maximum atomic E-state index is 13.0. The number of carboxylic acids is 1. The first-order chi connectivity index (χ1) is 15.9. The second kappa shape index (κ2) is 11.7. The number of aliphatic carboxylic acids is 1. The Morgan fingerprint density at radius 3 is 2.32 bits per heavy atom. The number of rotatable bonds is 5. The number of amides is 1. The van der Waals surface area contributed by atoms with Crippen LogP contribution in [0.4, 0.5) is 23.9 Å². The summed E-state index contributed by atoms with van der Waals surface area (Å²) in [5.41, 5.74) is 7.13. The van der Waals surface area contributed by atoms with Crippen molar-refractivity contribution in [1.82, 2.24) is 10.2 Å². The molecule has 0 radical (unpaired) electrons. The summed E-state index contributed by atoms with van der Waals surface area (Å²) in [4.78, 5) is 37.0. The minimum Gasteiger partial charge on any atom is -0.475 e. The minimum atomic E-state index is -5.08. The van der Waals surface area contributed by atoms with E-state index >= 15 is 0 Å². The first-order valence-electron chi connectivity index (χ1n) is 9.84. The van der Waals surface area contributed by atoms with Crippen molar-refractivity contribution in [3.8, 4) is 0 Å². The van der Waals surface area contributed by atoms with Gasteiger partial charge in [0.25, 0.3) is 5.91 Å². The molecular weight excluding hydrogens is 520 g/mol. The van der Waals surface area contributed by atoms with Gasteiger partial charge in [-0.3, -0.25) is 9.59 Å². The number of nitrogen functional groups attached to an aromatic ring is 1. The molecule has 1 fully saturated rings.